The zero-order valence-electron chi connectivity index (χ0n) is 11.5. The number of carbonyl (C=O) groups is 2. The maximum atomic E-state index is 11.8. The van der Waals surface area contributed by atoms with Crippen LogP contribution in [0.25, 0.3) is 0 Å². The molecule has 2 amide bonds. The summed E-state index contributed by atoms with van der Waals surface area (Å²) in [7, 11) is 0. The van der Waals surface area contributed by atoms with Crippen molar-refractivity contribution in [2.24, 2.45) is 5.10 Å². The summed E-state index contributed by atoms with van der Waals surface area (Å²) >= 11 is 5.52. The van der Waals surface area contributed by atoms with Gasteiger partial charge in [-0.05, 0) is 24.1 Å². The fourth-order valence-electron chi connectivity index (χ4n) is 2.51. The number of benzene rings is 1. The highest BCUT2D eigenvalue weighted by molar-refractivity contribution is 6.62. The monoisotopic (exact) mass is 307 g/mol. The highest BCUT2D eigenvalue weighted by Gasteiger charge is 2.39. The van der Waals surface area contributed by atoms with Crippen molar-refractivity contribution in [3.8, 4) is 0 Å². The number of hydrazone groups is 1. The molecule has 0 bridgehead atoms. The van der Waals surface area contributed by atoms with E-state index < -0.39 is 5.37 Å². The summed E-state index contributed by atoms with van der Waals surface area (Å²) in [5.74, 6) is 0. The molecule has 1 unspecified atom stereocenters. The molecule has 21 heavy (non-hydrogen) atoms. The van der Waals surface area contributed by atoms with Crippen LogP contribution < -0.4 is 0 Å². The lowest BCUT2D eigenvalue weighted by atomic mass is 10.0. The standard InChI is InChI=1S/C14H14ClN3O3/c1-9-2-4-10(5-3-9)12-11(8-18(16-12)13(15)19)17-6-7-21-14(17)20/h2-5,11H,6-8H2,1H3. The average Bonchev–Trinajstić information content (AvgIpc) is 3.05. The van der Waals surface area contributed by atoms with Crippen LogP contribution in [0.4, 0.5) is 9.59 Å². The maximum Gasteiger partial charge on any atom is 0.410 e. The van der Waals surface area contributed by atoms with Gasteiger partial charge in [-0.25, -0.2) is 9.80 Å². The molecule has 1 aromatic carbocycles. The molecule has 1 fully saturated rings. The number of hydrogen-bond acceptors (Lipinski definition) is 4. The second kappa shape index (κ2) is 5.37. The van der Waals surface area contributed by atoms with Crippen LogP contribution in [-0.2, 0) is 4.74 Å². The summed E-state index contributed by atoms with van der Waals surface area (Å²) < 4.78 is 4.97. The number of amides is 2. The zero-order chi connectivity index (χ0) is 15.0. The SMILES string of the molecule is Cc1ccc(C2=NN(C(=O)Cl)CC2N2CCOC2=O)cc1. The van der Waals surface area contributed by atoms with E-state index in [0.717, 1.165) is 11.1 Å². The molecule has 0 spiro atoms. The molecule has 0 saturated carbocycles. The normalized spacial score (nSPS) is 21.5. The van der Waals surface area contributed by atoms with Crippen molar-refractivity contribution in [2.45, 2.75) is 13.0 Å². The van der Waals surface area contributed by atoms with Crippen LogP contribution in [0.1, 0.15) is 11.1 Å². The Balaban J connectivity index is 1.95. The van der Waals surface area contributed by atoms with Gasteiger partial charge in [0.2, 0.25) is 0 Å². The Labute approximate surface area is 126 Å². The number of nitrogens with zero attached hydrogens (tertiary/aromatic N) is 3. The van der Waals surface area contributed by atoms with E-state index in [9.17, 15) is 9.59 Å². The predicted octanol–water partition coefficient (Wildman–Crippen LogP) is 2.19. The summed E-state index contributed by atoms with van der Waals surface area (Å²) in [6.07, 6.45) is -0.385. The molecule has 1 atom stereocenters. The van der Waals surface area contributed by atoms with Crippen LogP contribution >= 0.6 is 11.6 Å². The van der Waals surface area contributed by atoms with Crippen molar-refractivity contribution in [2.75, 3.05) is 19.7 Å². The van der Waals surface area contributed by atoms with Crippen LogP contribution in [-0.4, -0.2) is 52.8 Å². The smallest absolute Gasteiger partial charge is 0.410 e. The van der Waals surface area contributed by atoms with Gasteiger partial charge in [-0.1, -0.05) is 29.8 Å². The Morgan fingerprint density at radius 3 is 2.67 bits per heavy atom. The Bertz CT molecular complexity index is 614. The molecule has 2 aliphatic heterocycles. The summed E-state index contributed by atoms with van der Waals surface area (Å²) in [4.78, 5) is 24.7. The van der Waals surface area contributed by atoms with Gasteiger partial charge in [0.15, 0.2) is 0 Å². The van der Waals surface area contributed by atoms with Gasteiger partial charge in [-0.15, -0.1) is 0 Å². The number of cyclic esters (lactones) is 1. The minimum Gasteiger partial charge on any atom is -0.448 e. The third-order valence-corrected chi connectivity index (χ3v) is 3.80. The number of ether oxygens (including phenoxy) is 1. The molecule has 3 rings (SSSR count). The van der Waals surface area contributed by atoms with Gasteiger partial charge in [0.1, 0.15) is 6.61 Å². The Morgan fingerprint density at radius 2 is 2.10 bits per heavy atom. The van der Waals surface area contributed by atoms with E-state index >= 15 is 0 Å². The van der Waals surface area contributed by atoms with E-state index in [4.69, 9.17) is 16.3 Å². The highest BCUT2D eigenvalue weighted by Crippen LogP contribution is 2.23. The van der Waals surface area contributed by atoms with Crippen molar-refractivity contribution in [3.05, 3.63) is 35.4 Å². The van der Waals surface area contributed by atoms with Crippen LogP contribution in [0.15, 0.2) is 29.4 Å². The summed E-state index contributed by atoms with van der Waals surface area (Å²) in [6, 6.07) is 7.44. The van der Waals surface area contributed by atoms with E-state index in [-0.39, 0.29) is 18.7 Å². The fourth-order valence-corrected chi connectivity index (χ4v) is 2.61. The van der Waals surface area contributed by atoms with Crippen molar-refractivity contribution in [3.63, 3.8) is 0 Å². The van der Waals surface area contributed by atoms with Gasteiger partial charge in [-0.2, -0.15) is 5.10 Å². The molecule has 0 radical (unpaired) electrons. The maximum absolute atomic E-state index is 11.8. The molecule has 1 saturated heterocycles. The lowest BCUT2D eigenvalue weighted by Crippen LogP contribution is -2.44. The van der Waals surface area contributed by atoms with Crippen LogP contribution in [0.5, 0.6) is 0 Å². The average molecular weight is 308 g/mol. The quantitative estimate of drug-likeness (QED) is 0.621. The van der Waals surface area contributed by atoms with E-state index in [0.29, 0.717) is 18.9 Å². The highest BCUT2D eigenvalue weighted by atomic mass is 35.5. The molecule has 110 valence electrons. The van der Waals surface area contributed by atoms with E-state index in [1.807, 2.05) is 31.2 Å². The fraction of sp³-hybridized carbons (Fsp3) is 0.357. The molecule has 2 heterocycles. The molecule has 6 nitrogen and oxygen atoms in total. The molecular weight excluding hydrogens is 294 g/mol. The first-order valence-corrected chi connectivity index (χ1v) is 7.00. The number of carbonyl (C=O) groups excluding carboxylic acids is 2. The second-order valence-electron chi connectivity index (χ2n) is 5.01. The van der Waals surface area contributed by atoms with Crippen LogP contribution in [0, 0.1) is 6.92 Å². The van der Waals surface area contributed by atoms with E-state index in [1.54, 1.807) is 4.90 Å². The second-order valence-corrected chi connectivity index (χ2v) is 5.33. The van der Waals surface area contributed by atoms with Crippen LogP contribution in [0.2, 0.25) is 0 Å². The largest absolute Gasteiger partial charge is 0.448 e. The molecule has 0 N–H and O–H groups in total. The van der Waals surface area contributed by atoms with Crippen molar-refractivity contribution >= 4 is 28.8 Å². The molecule has 1 aromatic rings. The molecule has 0 aromatic heterocycles. The lowest BCUT2D eigenvalue weighted by Gasteiger charge is -2.22. The minimum atomic E-state index is -0.658. The first-order chi connectivity index (χ1) is 10.1. The Morgan fingerprint density at radius 1 is 1.38 bits per heavy atom. The third-order valence-electron chi connectivity index (χ3n) is 3.61. The zero-order valence-corrected chi connectivity index (χ0v) is 12.2. The third kappa shape index (κ3) is 2.58. The summed E-state index contributed by atoms with van der Waals surface area (Å²) in [5.41, 5.74) is 2.65. The first kappa shape index (κ1) is 13.9. The number of rotatable bonds is 2. The predicted molar refractivity (Wildman–Crippen MR) is 77.5 cm³/mol. The molecule has 2 aliphatic rings. The van der Waals surface area contributed by atoms with Crippen molar-refractivity contribution in [1.29, 1.82) is 0 Å². The topological polar surface area (TPSA) is 62.2 Å². The Kier molecular flexibility index (Phi) is 3.55. The van der Waals surface area contributed by atoms with Gasteiger partial charge in [0.05, 0.1) is 24.8 Å². The van der Waals surface area contributed by atoms with Gasteiger partial charge in [-0.3, -0.25) is 9.69 Å². The van der Waals surface area contributed by atoms with Gasteiger partial charge >= 0.3 is 11.5 Å². The first-order valence-electron chi connectivity index (χ1n) is 6.62. The number of hydrogen-bond donors (Lipinski definition) is 0. The van der Waals surface area contributed by atoms with Gasteiger partial charge in [0, 0.05) is 0 Å². The molecule has 0 aliphatic carbocycles. The minimum absolute atomic E-state index is 0.251. The van der Waals surface area contributed by atoms with Crippen molar-refractivity contribution < 1.29 is 14.3 Å². The van der Waals surface area contributed by atoms with Crippen molar-refractivity contribution in [1.82, 2.24) is 9.91 Å². The van der Waals surface area contributed by atoms with Gasteiger partial charge < -0.3 is 4.74 Å². The van der Waals surface area contributed by atoms with E-state index in [2.05, 4.69) is 5.10 Å². The number of aryl methyl sites for hydroxylation is 1. The molecular formula is C14H14ClN3O3. The Hall–Kier alpha value is -2.08. The summed E-state index contributed by atoms with van der Waals surface area (Å²) in [5, 5.41) is 4.78. The molecule has 7 heteroatoms. The van der Waals surface area contributed by atoms with E-state index in [1.165, 1.54) is 5.01 Å². The summed E-state index contributed by atoms with van der Waals surface area (Å²) in [6.45, 7) is 3.08. The lowest BCUT2D eigenvalue weighted by molar-refractivity contribution is 0.152. The number of halogens is 1. The van der Waals surface area contributed by atoms with Gasteiger partial charge in [0.25, 0.3) is 0 Å². The van der Waals surface area contributed by atoms with Crippen LogP contribution in [0.3, 0.4) is 0 Å².